The SMILES string of the molecule is CCn1ncc(Br)c1C(=O)Nc1ncn(Cc2ccc(F)cc2)n1. The van der Waals surface area contributed by atoms with Crippen molar-refractivity contribution in [3.05, 3.63) is 58.3 Å². The van der Waals surface area contributed by atoms with E-state index >= 15 is 0 Å². The number of benzene rings is 1. The second-order valence-corrected chi connectivity index (χ2v) is 5.86. The first-order valence-electron chi connectivity index (χ1n) is 7.23. The predicted molar refractivity (Wildman–Crippen MR) is 89.1 cm³/mol. The third kappa shape index (κ3) is 3.51. The van der Waals surface area contributed by atoms with Crippen molar-refractivity contribution in [2.45, 2.75) is 20.0 Å². The highest BCUT2D eigenvalue weighted by atomic mass is 79.9. The van der Waals surface area contributed by atoms with Gasteiger partial charge in [0.05, 0.1) is 17.2 Å². The minimum Gasteiger partial charge on any atom is -0.288 e. The molecule has 0 radical (unpaired) electrons. The second-order valence-electron chi connectivity index (χ2n) is 5.00. The van der Waals surface area contributed by atoms with Crippen molar-refractivity contribution in [2.24, 2.45) is 0 Å². The van der Waals surface area contributed by atoms with Crippen molar-refractivity contribution >= 4 is 27.8 Å². The summed E-state index contributed by atoms with van der Waals surface area (Å²) in [5, 5.41) is 10.9. The zero-order valence-corrected chi connectivity index (χ0v) is 14.4. The number of anilines is 1. The van der Waals surface area contributed by atoms with Gasteiger partial charge in [-0.15, -0.1) is 5.10 Å². The lowest BCUT2D eigenvalue weighted by Gasteiger charge is -2.04. The fourth-order valence-corrected chi connectivity index (χ4v) is 2.67. The molecule has 0 atom stereocenters. The van der Waals surface area contributed by atoms with Gasteiger partial charge < -0.3 is 0 Å². The highest BCUT2D eigenvalue weighted by molar-refractivity contribution is 9.10. The Morgan fingerprint density at radius 2 is 2.08 bits per heavy atom. The molecule has 0 saturated carbocycles. The van der Waals surface area contributed by atoms with Crippen LogP contribution in [0, 0.1) is 5.82 Å². The Hall–Kier alpha value is -2.55. The number of nitrogens with one attached hydrogen (secondary N) is 1. The predicted octanol–water partition coefficient (Wildman–Crippen LogP) is 2.70. The van der Waals surface area contributed by atoms with Gasteiger partial charge in [-0.25, -0.2) is 14.1 Å². The Morgan fingerprint density at radius 1 is 1.33 bits per heavy atom. The van der Waals surface area contributed by atoms with E-state index < -0.39 is 0 Å². The number of rotatable bonds is 5. The van der Waals surface area contributed by atoms with Gasteiger partial charge in [0.15, 0.2) is 0 Å². The molecule has 0 aliphatic carbocycles. The maximum Gasteiger partial charge on any atom is 0.277 e. The summed E-state index contributed by atoms with van der Waals surface area (Å²) >= 11 is 3.31. The van der Waals surface area contributed by atoms with E-state index in [0.717, 1.165) is 5.56 Å². The molecule has 0 saturated heterocycles. The van der Waals surface area contributed by atoms with E-state index in [9.17, 15) is 9.18 Å². The minimum atomic E-state index is -0.347. The maximum absolute atomic E-state index is 12.9. The van der Waals surface area contributed by atoms with Gasteiger partial charge in [-0.1, -0.05) is 12.1 Å². The lowest BCUT2D eigenvalue weighted by atomic mass is 10.2. The van der Waals surface area contributed by atoms with Crippen LogP contribution >= 0.6 is 15.9 Å². The number of carbonyl (C=O) groups is 1. The molecule has 0 aliphatic rings. The van der Waals surface area contributed by atoms with Crippen molar-refractivity contribution in [1.82, 2.24) is 24.5 Å². The number of halogens is 2. The monoisotopic (exact) mass is 392 g/mol. The van der Waals surface area contributed by atoms with Gasteiger partial charge in [-0.2, -0.15) is 5.10 Å². The summed E-state index contributed by atoms with van der Waals surface area (Å²) in [6.07, 6.45) is 3.07. The maximum atomic E-state index is 12.9. The van der Waals surface area contributed by atoms with Crippen LogP contribution in [0.5, 0.6) is 0 Å². The first kappa shape index (κ1) is 16.3. The van der Waals surface area contributed by atoms with Crippen LogP contribution in [0.25, 0.3) is 0 Å². The summed E-state index contributed by atoms with van der Waals surface area (Å²) in [4.78, 5) is 16.4. The van der Waals surface area contributed by atoms with Gasteiger partial charge in [-0.05, 0) is 40.5 Å². The quantitative estimate of drug-likeness (QED) is 0.723. The third-order valence-electron chi connectivity index (χ3n) is 3.33. The molecule has 1 amide bonds. The van der Waals surface area contributed by atoms with Crippen LogP contribution in [0.2, 0.25) is 0 Å². The van der Waals surface area contributed by atoms with Crippen molar-refractivity contribution < 1.29 is 9.18 Å². The molecule has 2 heterocycles. The number of carbonyl (C=O) groups excluding carboxylic acids is 1. The van der Waals surface area contributed by atoms with Gasteiger partial charge in [0.25, 0.3) is 5.91 Å². The molecule has 3 rings (SSSR count). The molecule has 0 fully saturated rings. The van der Waals surface area contributed by atoms with Crippen LogP contribution in [0.3, 0.4) is 0 Å². The number of aryl methyl sites for hydroxylation is 1. The normalized spacial score (nSPS) is 10.8. The van der Waals surface area contributed by atoms with Crippen molar-refractivity contribution in [2.75, 3.05) is 5.32 Å². The molecule has 3 aromatic rings. The van der Waals surface area contributed by atoms with Gasteiger partial charge >= 0.3 is 0 Å². The smallest absolute Gasteiger partial charge is 0.277 e. The lowest BCUT2D eigenvalue weighted by Crippen LogP contribution is -2.19. The molecule has 1 aromatic carbocycles. The molecule has 9 heteroatoms. The topological polar surface area (TPSA) is 77.6 Å². The van der Waals surface area contributed by atoms with Crippen LogP contribution in [0.1, 0.15) is 23.0 Å². The molecule has 0 unspecified atom stereocenters. The van der Waals surface area contributed by atoms with Gasteiger partial charge in [-0.3, -0.25) is 14.8 Å². The summed E-state index contributed by atoms with van der Waals surface area (Å²) in [7, 11) is 0. The van der Waals surface area contributed by atoms with E-state index in [-0.39, 0.29) is 17.7 Å². The molecule has 0 aliphatic heterocycles. The fourth-order valence-electron chi connectivity index (χ4n) is 2.19. The van der Waals surface area contributed by atoms with Gasteiger partial charge in [0.2, 0.25) is 5.95 Å². The summed E-state index contributed by atoms with van der Waals surface area (Å²) < 4.78 is 16.7. The number of nitrogens with zero attached hydrogens (tertiary/aromatic N) is 5. The van der Waals surface area contributed by atoms with E-state index in [1.807, 2.05) is 6.92 Å². The van der Waals surface area contributed by atoms with E-state index in [1.165, 1.54) is 18.5 Å². The molecule has 124 valence electrons. The van der Waals surface area contributed by atoms with Gasteiger partial charge in [0, 0.05) is 6.54 Å². The Kier molecular flexibility index (Phi) is 4.70. The highest BCUT2D eigenvalue weighted by Crippen LogP contribution is 2.17. The largest absolute Gasteiger partial charge is 0.288 e. The van der Waals surface area contributed by atoms with Crippen molar-refractivity contribution in [3.8, 4) is 0 Å². The highest BCUT2D eigenvalue weighted by Gasteiger charge is 2.18. The van der Waals surface area contributed by atoms with Crippen LogP contribution in [0.4, 0.5) is 10.3 Å². The zero-order valence-electron chi connectivity index (χ0n) is 12.8. The van der Waals surface area contributed by atoms with Gasteiger partial charge in [0.1, 0.15) is 17.8 Å². The first-order chi connectivity index (χ1) is 11.6. The molecule has 0 spiro atoms. The number of hydrogen-bond donors (Lipinski definition) is 1. The number of hydrogen-bond acceptors (Lipinski definition) is 4. The summed E-state index contributed by atoms with van der Waals surface area (Å²) in [5.41, 5.74) is 1.29. The van der Waals surface area contributed by atoms with Crippen LogP contribution < -0.4 is 5.32 Å². The van der Waals surface area contributed by atoms with Crippen molar-refractivity contribution in [3.63, 3.8) is 0 Å². The van der Waals surface area contributed by atoms with E-state index in [0.29, 0.717) is 23.3 Å². The third-order valence-corrected chi connectivity index (χ3v) is 3.91. The Balaban J connectivity index is 1.70. The Bertz CT molecular complexity index is 857. The fraction of sp³-hybridized carbons (Fsp3) is 0.200. The summed E-state index contributed by atoms with van der Waals surface area (Å²) in [6.45, 7) is 2.90. The summed E-state index contributed by atoms with van der Waals surface area (Å²) in [6, 6.07) is 6.12. The molecule has 24 heavy (non-hydrogen) atoms. The Labute approximate surface area is 145 Å². The van der Waals surface area contributed by atoms with Crippen LogP contribution in [0.15, 0.2) is 41.3 Å². The van der Waals surface area contributed by atoms with Crippen LogP contribution in [-0.2, 0) is 13.1 Å². The minimum absolute atomic E-state index is 0.192. The van der Waals surface area contributed by atoms with Crippen LogP contribution in [-0.4, -0.2) is 30.5 Å². The molecule has 0 bridgehead atoms. The Morgan fingerprint density at radius 3 is 2.79 bits per heavy atom. The second kappa shape index (κ2) is 6.91. The molecule has 7 nitrogen and oxygen atoms in total. The first-order valence-corrected chi connectivity index (χ1v) is 8.02. The average Bonchev–Trinajstić information content (AvgIpc) is 3.15. The standard InChI is InChI=1S/C15H14BrFN6O/c1-2-23-13(12(16)7-19-23)14(24)20-15-18-9-22(21-15)8-10-3-5-11(17)6-4-10/h3-7,9H,2,8H2,1H3,(H,20,21,24). The van der Waals surface area contributed by atoms with E-state index in [2.05, 4.69) is 36.4 Å². The molecular formula is C15H14BrFN6O. The van der Waals surface area contributed by atoms with Crippen molar-refractivity contribution in [1.29, 1.82) is 0 Å². The number of aromatic nitrogens is 5. The molecule has 1 N–H and O–H groups in total. The van der Waals surface area contributed by atoms with E-state index in [4.69, 9.17) is 0 Å². The van der Waals surface area contributed by atoms with E-state index in [1.54, 1.807) is 27.7 Å². The number of amides is 1. The lowest BCUT2D eigenvalue weighted by molar-refractivity contribution is 0.101. The molecule has 2 aromatic heterocycles. The molecular weight excluding hydrogens is 379 g/mol. The zero-order chi connectivity index (χ0) is 17.1. The average molecular weight is 393 g/mol. The summed E-state index contributed by atoms with van der Waals surface area (Å²) in [5.74, 6) is -0.443.